The monoisotopic (exact) mass is 607 g/mol. The normalized spacial score (nSPS) is 12.2. The molecule has 0 aromatic rings. The van der Waals surface area contributed by atoms with Crippen LogP contribution in [-0.4, -0.2) is 23.1 Å². The predicted molar refractivity (Wildman–Crippen MR) is 186 cm³/mol. The first-order chi connectivity index (χ1) is 21.1. The topological polar surface area (TPSA) is 63.6 Å². The lowest BCUT2D eigenvalue weighted by molar-refractivity contribution is -0.150. The van der Waals surface area contributed by atoms with Crippen molar-refractivity contribution in [3.05, 3.63) is 12.2 Å². The van der Waals surface area contributed by atoms with Gasteiger partial charge in [-0.15, -0.1) is 0 Å². The summed E-state index contributed by atoms with van der Waals surface area (Å²) < 4.78 is 5.98. The molecule has 1 atom stereocenters. The fourth-order valence-corrected chi connectivity index (χ4v) is 5.89. The molecule has 1 unspecified atom stereocenters. The molecule has 0 fully saturated rings. The smallest absolute Gasteiger partial charge is 0.306 e. The van der Waals surface area contributed by atoms with Gasteiger partial charge >= 0.3 is 11.9 Å². The first kappa shape index (κ1) is 41.7. The molecule has 0 saturated heterocycles. The summed E-state index contributed by atoms with van der Waals surface area (Å²) in [6, 6.07) is 0. The summed E-state index contributed by atoms with van der Waals surface area (Å²) in [6.45, 7) is 4.54. The molecule has 0 saturated carbocycles. The van der Waals surface area contributed by atoms with E-state index in [9.17, 15) is 9.59 Å². The average molecular weight is 607 g/mol. The zero-order valence-corrected chi connectivity index (χ0v) is 29.0. The molecule has 0 rings (SSSR count). The number of aliphatic carboxylic acids is 1. The number of hydrogen-bond acceptors (Lipinski definition) is 3. The first-order valence-electron chi connectivity index (χ1n) is 19.2. The fourth-order valence-electron chi connectivity index (χ4n) is 5.89. The zero-order chi connectivity index (χ0) is 31.5. The molecule has 43 heavy (non-hydrogen) atoms. The van der Waals surface area contributed by atoms with Crippen LogP contribution in [0, 0.1) is 0 Å². The second-order valence-electron chi connectivity index (χ2n) is 13.1. The maximum atomic E-state index is 12.6. The largest absolute Gasteiger partial charge is 0.481 e. The Hall–Kier alpha value is -1.32. The quantitative estimate of drug-likeness (QED) is 0.0443. The second kappa shape index (κ2) is 35.2. The van der Waals surface area contributed by atoms with Gasteiger partial charge in [-0.1, -0.05) is 154 Å². The van der Waals surface area contributed by atoms with Crippen molar-refractivity contribution in [1.29, 1.82) is 0 Å². The van der Waals surface area contributed by atoms with E-state index in [1.807, 2.05) is 0 Å². The van der Waals surface area contributed by atoms with Gasteiger partial charge in [-0.3, -0.25) is 9.59 Å². The van der Waals surface area contributed by atoms with Crippen molar-refractivity contribution in [2.24, 2.45) is 0 Å². The Labute approximate surface area is 268 Å². The highest BCUT2D eigenvalue weighted by molar-refractivity contribution is 5.69. The Kier molecular flexibility index (Phi) is 34.1. The van der Waals surface area contributed by atoms with E-state index in [-0.39, 0.29) is 18.5 Å². The van der Waals surface area contributed by atoms with Crippen molar-refractivity contribution in [2.75, 3.05) is 0 Å². The van der Waals surface area contributed by atoms with Crippen LogP contribution in [0.3, 0.4) is 0 Å². The van der Waals surface area contributed by atoms with Crippen molar-refractivity contribution in [1.82, 2.24) is 0 Å². The maximum Gasteiger partial charge on any atom is 0.306 e. The fraction of sp³-hybridized carbons (Fsp3) is 0.897. The third kappa shape index (κ3) is 35.0. The van der Waals surface area contributed by atoms with Gasteiger partial charge < -0.3 is 9.84 Å². The lowest BCUT2D eigenvalue weighted by Crippen LogP contribution is -2.18. The minimum absolute atomic E-state index is 0.00400. The Balaban J connectivity index is 3.97. The molecule has 254 valence electrons. The summed E-state index contributed by atoms with van der Waals surface area (Å²) in [4.78, 5) is 23.3. The number of esters is 1. The van der Waals surface area contributed by atoms with E-state index < -0.39 is 5.97 Å². The molecule has 0 heterocycles. The van der Waals surface area contributed by atoms with E-state index in [0.717, 1.165) is 64.2 Å². The lowest BCUT2D eigenvalue weighted by Gasteiger charge is -2.18. The van der Waals surface area contributed by atoms with Gasteiger partial charge in [0.2, 0.25) is 0 Å². The Morgan fingerprint density at radius 2 is 0.837 bits per heavy atom. The minimum Gasteiger partial charge on any atom is -0.481 e. The molecular formula is C39H74O4. The molecule has 0 amide bonds. The van der Waals surface area contributed by atoms with Crippen molar-refractivity contribution < 1.29 is 19.4 Å². The van der Waals surface area contributed by atoms with Crippen LogP contribution < -0.4 is 0 Å². The highest BCUT2D eigenvalue weighted by Gasteiger charge is 2.14. The van der Waals surface area contributed by atoms with Crippen LogP contribution in [0.2, 0.25) is 0 Å². The summed E-state index contributed by atoms with van der Waals surface area (Å²) in [7, 11) is 0. The molecule has 0 radical (unpaired) electrons. The first-order valence-corrected chi connectivity index (χ1v) is 19.2. The van der Waals surface area contributed by atoms with Gasteiger partial charge in [0.05, 0.1) is 0 Å². The van der Waals surface area contributed by atoms with E-state index in [0.29, 0.717) is 6.42 Å². The Bertz CT molecular complexity index is 614. The van der Waals surface area contributed by atoms with Gasteiger partial charge in [-0.25, -0.2) is 0 Å². The molecule has 0 aliphatic carbocycles. The molecule has 0 bridgehead atoms. The summed E-state index contributed by atoms with van der Waals surface area (Å²) in [6.07, 6.45) is 42.3. The molecule has 0 aliphatic rings. The van der Waals surface area contributed by atoms with Crippen LogP contribution in [0.5, 0.6) is 0 Å². The molecule has 4 heteroatoms. The summed E-state index contributed by atoms with van der Waals surface area (Å²) in [5, 5.41) is 8.79. The number of carboxylic acids is 1. The summed E-state index contributed by atoms with van der Waals surface area (Å²) in [5.41, 5.74) is 0. The van der Waals surface area contributed by atoms with E-state index in [1.165, 1.54) is 128 Å². The van der Waals surface area contributed by atoms with E-state index in [4.69, 9.17) is 9.84 Å². The SMILES string of the molecule is CCCCCCCCC/C=C\CCCCCCCC(=O)OC(CCCCCCCCCCC)CCCCCCCC(=O)O. The number of unbranched alkanes of at least 4 members (excludes halogenated alkanes) is 24. The Morgan fingerprint density at radius 1 is 0.488 bits per heavy atom. The Morgan fingerprint density at radius 3 is 1.26 bits per heavy atom. The van der Waals surface area contributed by atoms with Gasteiger partial charge in [0.15, 0.2) is 0 Å². The molecule has 1 N–H and O–H groups in total. The molecule has 0 aromatic carbocycles. The van der Waals surface area contributed by atoms with Gasteiger partial charge in [-0.2, -0.15) is 0 Å². The average Bonchev–Trinajstić information content (AvgIpc) is 2.99. The number of carbonyl (C=O) groups excluding carboxylic acids is 1. The lowest BCUT2D eigenvalue weighted by atomic mass is 10.0. The highest BCUT2D eigenvalue weighted by atomic mass is 16.5. The zero-order valence-electron chi connectivity index (χ0n) is 29.0. The summed E-state index contributed by atoms with van der Waals surface area (Å²) >= 11 is 0. The van der Waals surface area contributed by atoms with Gasteiger partial charge in [0, 0.05) is 12.8 Å². The number of rotatable bonds is 35. The van der Waals surface area contributed by atoms with Crippen molar-refractivity contribution in [2.45, 2.75) is 225 Å². The minimum atomic E-state index is -0.700. The van der Waals surface area contributed by atoms with E-state index >= 15 is 0 Å². The van der Waals surface area contributed by atoms with Crippen molar-refractivity contribution in [3.63, 3.8) is 0 Å². The number of carbonyl (C=O) groups is 2. The standard InChI is InChI=1S/C39H74O4/c1-3-5-7-9-11-13-14-15-16-17-18-19-21-23-28-32-36-39(42)43-37(34-30-26-24-27-31-35-38(40)41)33-29-25-22-20-12-10-8-6-4-2/h16-17,37H,3-15,18-36H2,1-2H3,(H,40,41)/b17-16-. The summed E-state index contributed by atoms with van der Waals surface area (Å²) in [5.74, 6) is -0.704. The molecule has 0 spiro atoms. The molecular weight excluding hydrogens is 532 g/mol. The number of carboxylic acid groups (broad SMARTS) is 1. The number of ether oxygens (including phenoxy) is 1. The van der Waals surface area contributed by atoms with Crippen LogP contribution in [-0.2, 0) is 14.3 Å². The van der Waals surface area contributed by atoms with Crippen LogP contribution >= 0.6 is 0 Å². The third-order valence-corrected chi connectivity index (χ3v) is 8.74. The predicted octanol–water partition coefficient (Wildman–Crippen LogP) is 13.1. The molecule has 4 nitrogen and oxygen atoms in total. The van der Waals surface area contributed by atoms with Crippen molar-refractivity contribution >= 4 is 11.9 Å². The van der Waals surface area contributed by atoms with Crippen LogP contribution in [0.4, 0.5) is 0 Å². The van der Waals surface area contributed by atoms with Crippen LogP contribution in [0.1, 0.15) is 219 Å². The van der Waals surface area contributed by atoms with Gasteiger partial charge in [0.25, 0.3) is 0 Å². The molecule has 0 aliphatic heterocycles. The number of allylic oxidation sites excluding steroid dienone is 2. The van der Waals surface area contributed by atoms with E-state index in [2.05, 4.69) is 26.0 Å². The van der Waals surface area contributed by atoms with Crippen LogP contribution in [0.15, 0.2) is 12.2 Å². The second-order valence-corrected chi connectivity index (χ2v) is 13.1. The van der Waals surface area contributed by atoms with Crippen molar-refractivity contribution in [3.8, 4) is 0 Å². The third-order valence-electron chi connectivity index (χ3n) is 8.74. The van der Waals surface area contributed by atoms with E-state index in [1.54, 1.807) is 0 Å². The maximum absolute atomic E-state index is 12.6. The van der Waals surface area contributed by atoms with Crippen LogP contribution in [0.25, 0.3) is 0 Å². The van der Waals surface area contributed by atoms with Gasteiger partial charge in [0.1, 0.15) is 6.10 Å². The number of hydrogen-bond donors (Lipinski definition) is 1. The highest BCUT2D eigenvalue weighted by Crippen LogP contribution is 2.19. The van der Waals surface area contributed by atoms with Gasteiger partial charge in [-0.05, 0) is 64.2 Å². The molecule has 0 aromatic heterocycles.